The van der Waals surface area contributed by atoms with Crippen molar-refractivity contribution in [2.75, 3.05) is 11.4 Å². The Labute approximate surface area is 220 Å². The number of anilines is 1. The molecular weight excluding hydrogens is 486 g/mol. The number of fused-ring (bicyclic) bond motifs is 1. The molecular formula is C29H26ClN5O2. The minimum Gasteiger partial charge on any atom is -0.314 e. The van der Waals surface area contributed by atoms with E-state index < -0.39 is 6.03 Å². The summed E-state index contributed by atoms with van der Waals surface area (Å²) in [6.45, 7) is 2.99. The average Bonchev–Trinajstić information content (AvgIpc) is 3.46. The topological polar surface area (TPSA) is 70.5 Å². The van der Waals surface area contributed by atoms with Crippen molar-refractivity contribution in [3.05, 3.63) is 94.6 Å². The Morgan fingerprint density at radius 3 is 2.49 bits per heavy atom. The smallest absolute Gasteiger partial charge is 0.314 e. The average molecular weight is 512 g/mol. The van der Waals surface area contributed by atoms with Crippen molar-refractivity contribution in [2.24, 2.45) is 7.05 Å². The van der Waals surface area contributed by atoms with Gasteiger partial charge in [0.1, 0.15) is 11.6 Å². The van der Waals surface area contributed by atoms with Gasteiger partial charge in [0.2, 0.25) is 5.91 Å². The quantitative estimate of drug-likeness (QED) is 0.391. The van der Waals surface area contributed by atoms with Crippen molar-refractivity contribution in [1.29, 1.82) is 0 Å². The molecule has 2 aliphatic heterocycles. The van der Waals surface area contributed by atoms with Gasteiger partial charge in [0.15, 0.2) is 0 Å². The van der Waals surface area contributed by atoms with Gasteiger partial charge >= 0.3 is 6.03 Å². The number of halogens is 1. The lowest BCUT2D eigenvalue weighted by molar-refractivity contribution is -0.120. The summed E-state index contributed by atoms with van der Waals surface area (Å²) < 4.78 is 1.91. The SMILES string of the molecule is Cn1c(N2CCC(=O)NC2=O)cnc1-c1ccc2c(c1)CN(Cc1ccc(-c3cccc(Cl)c3)cc1)C2. The molecule has 3 aromatic carbocycles. The number of urea groups is 1. The third-order valence-corrected chi connectivity index (χ3v) is 7.30. The van der Waals surface area contributed by atoms with Crippen LogP contribution < -0.4 is 10.2 Å². The highest BCUT2D eigenvalue weighted by atomic mass is 35.5. The number of carbonyl (C=O) groups is 2. The molecule has 0 unspecified atom stereocenters. The van der Waals surface area contributed by atoms with Crippen LogP contribution in [0.4, 0.5) is 10.6 Å². The van der Waals surface area contributed by atoms with Gasteiger partial charge in [-0.25, -0.2) is 9.78 Å². The third kappa shape index (κ3) is 4.63. The lowest BCUT2D eigenvalue weighted by Crippen LogP contribution is -2.50. The molecule has 3 amide bonds. The number of hydrogen-bond acceptors (Lipinski definition) is 4. The molecule has 1 N–H and O–H groups in total. The third-order valence-electron chi connectivity index (χ3n) is 7.06. The van der Waals surface area contributed by atoms with Gasteiger partial charge in [-0.15, -0.1) is 0 Å². The van der Waals surface area contributed by atoms with E-state index in [0.717, 1.165) is 47.2 Å². The summed E-state index contributed by atoms with van der Waals surface area (Å²) >= 11 is 6.15. The summed E-state index contributed by atoms with van der Waals surface area (Å²) in [4.78, 5) is 32.4. The molecule has 0 saturated carbocycles. The Bertz CT molecular complexity index is 1510. The second-order valence-corrected chi connectivity index (χ2v) is 10.0. The number of nitrogens with zero attached hydrogens (tertiary/aromatic N) is 4. The molecule has 8 heteroatoms. The van der Waals surface area contributed by atoms with Crippen molar-refractivity contribution in [1.82, 2.24) is 19.8 Å². The van der Waals surface area contributed by atoms with E-state index in [9.17, 15) is 9.59 Å². The van der Waals surface area contributed by atoms with Gasteiger partial charge in [0, 0.05) is 50.2 Å². The van der Waals surface area contributed by atoms with Crippen LogP contribution in [-0.2, 0) is 31.5 Å². The lowest BCUT2D eigenvalue weighted by Gasteiger charge is -2.26. The molecule has 1 saturated heterocycles. The number of hydrogen-bond donors (Lipinski definition) is 1. The van der Waals surface area contributed by atoms with Crippen molar-refractivity contribution in [2.45, 2.75) is 26.1 Å². The van der Waals surface area contributed by atoms with E-state index in [2.05, 4.69) is 63.7 Å². The summed E-state index contributed by atoms with van der Waals surface area (Å²) in [5.41, 5.74) is 7.16. The summed E-state index contributed by atoms with van der Waals surface area (Å²) in [5, 5.41) is 3.11. The molecule has 4 aromatic rings. The fourth-order valence-electron chi connectivity index (χ4n) is 5.15. The van der Waals surface area contributed by atoms with Crippen LogP contribution in [0, 0.1) is 0 Å². The Morgan fingerprint density at radius 2 is 1.70 bits per heavy atom. The second kappa shape index (κ2) is 9.50. The van der Waals surface area contributed by atoms with Gasteiger partial charge in [0.25, 0.3) is 0 Å². The Morgan fingerprint density at radius 1 is 0.919 bits per heavy atom. The molecule has 0 bridgehead atoms. The fourth-order valence-corrected chi connectivity index (χ4v) is 5.34. The zero-order valence-corrected chi connectivity index (χ0v) is 21.2. The van der Waals surface area contributed by atoms with Crippen LogP contribution in [0.25, 0.3) is 22.5 Å². The first-order valence-corrected chi connectivity index (χ1v) is 12.6. The second-order valence-electron chi connectivity index (χ2n) is 9.59. The van der Waals surface area contributed by atoms with Crippen LogP contribution in [0.5, 0.6) is 0 Å². The summed E-state index contributed by atoms with van der Waals surface area (Å²) in [7, 11) is 1.90. The predicted molar refractivity (Wildman–Crippen MR) is 144 cm³/mol. The molecule has 1 fully saturated rings. The zero-order chi connectivity index (χ0) is 25.5. The van der Waals surface area contributed by atoms with Gasteiger partial charge in [-0.05, 0) is 46.0 Å². The van der Waals surface area contributed by atoms with Crippen LogP contribution in [0.2, 0.25) is 5.02 Å². The van der Waals surface area contributed by atoms with Crippen LogP contribution in [0.1, 0.15) is 23.1 Å². The van der Waals surface area contributed by atoms with E-state index >= 15 is 0 Å². The predicted octanol–water partition coefficient (Wildman–Crippen LogP) is 5.37. The standard InChI is InChI=1S/C29H26ClN5O2/c1-33-27(35-12-11-26(36)32-29(35)37)15-31-28(33)22-9-10-23-17-34(18-24(23)13-22)16-19-5-7-20(8-6-19)21-3-2-4-25(30)14-21/h2-10,13-15H,11-12,16-18H2,1H3,(H,32,36,37). The zero-order valence-electron chi connectivity index (χ0n) is 20.4. The monoisotopic (exact) mass is 511 g/mol. The van der Waals surface area contributed by atoms with Crippen molar-refractivity contribution in [3.63, 3.8) is 0 Å². The molecule has 0 aliphatic carbocycles. The highest BCUT2D eigenvalue weighted by Crippen LogP contribution is 2.31. The maximum absolute atomic E-state index is 12.3. The van der Waals surface area contributed by atoms with Crippen LogP contribution >= 0.6 is 11.6 Å². The Kier molecular flexibility index (Phi) is 6.02. The highest BCUT2D eigenvalue weighted by molar-refractivity contribution is 6.30. The van der Waals surface area contributed by atoms with E-state index in [1.54, 1.807) is 11.1 Å². The van der Waals surface area contributed by atoms with E-state index in [-0.39, 0.29) is 12.3 Å². The molecule has 3 heterocycles. The molecule has 1 aromatic heterocycles. The summed E-state index contributed by atoms with van der Waals surface area (Å²) in [5.74, 6) is 1.21. The number of carbonyl (C=O) groups excluding carboxylic acids is 2. The normalized spacial score (nSPS) is 15.7. The number of rotatable bonds is 5. The maximum Gasteiger partial charge on any atom is 0.329 e. The molecule has 2 aliphatic rings. The fraction of sp³-hybridized carbons (Fsp3) is 0.207. The van der Waals surface area contributed by atoms with Crippen molar-refractivity contribution in [3.8, 4) is 22.5 Å². The Balaban J connectivity index is 1.15. The van der Waals surface area contributed by atoms with Gasteiger partial charge in [0.05, 0.1) is 6.20 Å². The van der Waals surface area contributed by atoms with Crippen LogP contribution in [-0.4, -0.2) is 32.9 Å². The lowest BCUT2D eigenvalue weighted by atomic mass is 10.0. The highest BCUT2D eigenvalue weighted by Gasteiger charge is 2.27. The van der Waals surface area contributed by atoms with Crippen molar-refractivity contribution < 1.29 is 9.59 Å². The van der Waals surface area contributed by atoms with Crippen molar-refractivity contribution >= 4 is 29.4 Å². The number of nitrogens with one attached hydrogen (secondary N) is 1. The van der Waals surface area contributed by atoms with E-state index in [4.69, 9.17) is 11.6 Å². The number of benzene rings is 3. The number of imide groups is 1. The minimum atomic E-state index is -0.406. The van der Waals surface area contributed by atoms with Gasteiger partial charge in [-0.3, -0.25) is 19.9 Å². The molecule has 0 radical (unpaired) electrons. The van der Waals surface area contributed by atoms with E-state index in [1.807, 2.05) is 29.8 Å². The van der Waals surface area contributed by atoms with E-state index in [0.29, 0.717) is 12.4 Å². The Hall–Kier alpha value is -3.94. The molecule has 6 rings (SSSR count). The molecule has 37 heavy (non-hydrogen) atoms. The summed E-state index contributed by atoms with van der Waals surface area (Å²) in [6, 6.07) is 22.6. The van der Waals surface area contributed by atoms with E-state index in [1.165, 1.54) is 16.7 Å². The largest absolute Gasteiger partial charge is 0.329 e. The molecule has 186 valence electrons. The number of amides is 3. The van der Waals surface area contributed by atoms with Gasteiger partial charge < -0.3 is 4.57 Å². The van der Waals surface area contributed by atoms with Gasteiger partial charge in [-0.2, -0.15) is 0 Å². The minimum absolute atomic E-state index is 0.246. The first-order valence-electron chi connectivity index (χ1n) is 12.3. The van der Waals surface area contributed by atoms with Crippen LogP contribution in [0.15, 0.2) is 72.9 Å². The first kappa shape index (κ1) is 23.5. The molecule has 0 spiro atoms. The summed E-state index contributed by atoms with van der Waals surface area (Å²) in [6.07, 6.45) is 1.97. The molecule has 7 nitrogen and oxygen atoms in total. The van der Waals surface area contributed by atoms with Crippen LogP contribution in [0.3, 0.4) is 0 Å². The number of aromatic nitrogens is 2. The molecule has 0 atom stereocenters. The first-order chi connectivity index (χ1) is 17.9. The number of imidazole rings is 1. The maximum atomic E-state index is 12.3. The van der Waals surface area contributed by atoms with Gasteiger partial charge in [-0.1, -0.05) is 60.1 Å².